The Kier molecular flexibility index (Phi) is 7.53. The number of hydrogen-bond donors (Lipinski definition) is 0. The first-order valence-corrected chi connectivity index (χ1v) is 14.3. The molecule has 0 N–H and O–H groups in total. The molecule has 45 heavy (non-hydrogen) atoms. The number of aromatic nitrogens is 3. The average molecular weight is 624 g/mol. The first-order chi connectivity index (χ1) is 21.3. The largest absolute Gasteiger partial charge is 0.416 e. The van der Waals surface area contributed by atoms with E-state index in [-0.39, 0.29) is 54.2 Å². The summed E-state index contributed by atoms with van der Waals surface area (Å²) in [5.74, 6) is -2.42. The molecule has 3 aliphatic rings. The van der Waals surface area contributed by atoms with Gasteiger partial charge in [-0.05, 0) is 43.3 Å². The number of alkyl halides is 3. The summed E-state index contributed by atoms with van der Waals surface area (Å²) in [6.45, 7) is 5.88. The van der Waals surface area contributed by atoms with E-state index in [1.54, 1.807) is 28.1 Å². The van der Waals surface area contributed by atoms with E-state index in [1.807, 2.05) is 0 Å². The van der Waals surface area contributed by atoms with Crippen LogP contribution < -0.4 is 14.7 Å². The van der Waals surface area contributed by atoms with Gasteiger partial charge in [-0.15, -0.1) is 0 Å². The van der Waals surface area contributed by atoms with Crippen LogP contribution in [0.15, 0.2) is 55.3 Å². The van der Waals surface area contributed by atoms with Crippen LogP contribution in [0.2, 0.25) is 0 Å². The van der Waals surface area contributed by atoms with Gasteiger partial charge < -0.3 is 14.7 Å². The summed E-state index contributed by atoms with van der Waals surface area (Å²) in [6.07, 6.45) is -2.01. The molecule has 3 aliphatic heterocycles. The Morgan fingerprint density at radius 2 is 1.87 bits per heavy atom. The third kappa shape index (κ3) is 5.49. The first-order valence-electron chi connectivity index (χ1n) is 14.3. The summed E-state index contributed by atoms with van der Waals surface area (Å²) >= 11 is 0. The predicted molar refractivity (Wildman–Crippen MR) is 156 cm³/mol. The quantitative estimate of drug-likeness (QED) is 0.314. The molecular weight excluding hydrogens is 594 g/mol. The van der Waals surface area contributed by atoms with Crippen molar-refractivity contribution in [2.45, 2.75) is 38.0 Å². The standard InChI is InChI=1S/C31H29F4N7O3/c1-4-25(43)40-14-19(15-40)29-36-9-8-21(38-29)16-41-13-18-11-26(44)42(24-12-20(31(33,34)35)10-17(2)37-24)27(18)30(45)39(3)23-7-5-6-22(32)28(23)41/h4-10,12,18-19,27H,1,11,13-16H2,2-3H3/t18-,27+/m1/s1. The molecule has 0 bridgehead atoms. The molecule has 0 unspecified atom stereocenters. The number of anilines is 3. The smallest absolute Gasteiger partial charge is 0.361 e. The van der Waals surface area contributed by atoms with Crippen LogP contribution in [0.4, 0.5) is 34.8 Å². The number of halogens is 4. The van der Waals surface area contributed by atoms with E-state index in [4.69, 9.17) is 4.98 Å². The minimum atomic E-state index is -4.69. The number of amides is 3. The fourth-order valence-electron chi connectivity index (χ4n) is 6.25. The predicted octanol–water partition coefficient (Wildman–Crippen LogP) is 3.85. The second-order valence-electron chi connectivity index (χ2n) is 11.5. The molecule has 0 aliphatic carbocycles. The van der Waals surface area contributed by atoms with Crippen LogP contribution in [0, 0.1) is 18.7 Å². The van der Waals surface area contributed by atoms with Crippen molar-refractivity contribution < 1.29 is 31.9 Å². The third-order valence-corrected chi connectivity index (χ3v) is 8.44. The van der Waals surface area contributed by atoms with Crippen LogP contribution in [0.5, 0.6) is 0 Å². The van der Waals surface area contributed by atoms with Gasteiger partial charge in [0.25, 0.3) is 0 Å². The van der Waals surface area contributed by atoms with Gasteiger partial charge in [-0.3, -0.25) is 19.3 Å². The van der Waals surface area contributed by atoms with E-state index in [2.05, 4.69) is 16.5 Å². The molecule has 6 rings (SSSR count). The van der Waals surface area contributed by atoms with Crippen molar-refractivity contribution in [1.29, 1.82) is 0 Å². The number of likely N-dealkylation sites (N-methyl/N-ethyl adjacent to an activating group) is 1. The molecular formula is C31H29F4N7O3. The zero-order chi connectivity index (χ0) is 32.2. The second kappa shape index (κ2) is 11.2. The van der Waals surface area contributed by atoms with Gasteiger partial charge in [-0.25, -0.2) is 19.3 Å². The number of rotatable bonds is 5. The summed E-state index contributed by atoms with van der Waals surface area (Å²) in [4.78, 5) is 58.1. The van der Waals surface area contributed by atoms with Crippen molar-refractivity contribution in [3.05, 3.63) is 83.8 Å². The molecule has 234 valence electrons. The molecule has 0 radical (unpaired) electrons. The normalized spacial score (nSPS) is 20.4. The van der Waals surface area contributed by atoms with Crippen molar-refractivity contribution in [2.75, 3.05) is 41.4 Å². The Bertz CT molecular complexity index is 1710. The van der Waals surface area contributed by atoms with E-state index in [0.717, 1.165) is 17.0 Å². The first kappa shape index (κ1) is 30.2. The number of benzene rings is 1. The van der Waals surface area contributed by atoms with Crippen LogP contribution in [-0.2, 0) is 27.1 Å². The molecule has 3 aromatic rings. The van der Waals surface area contributed by atoms with E-state index in [1.165, 1.54) is 37.1 Å². The van der Waals surface area contributed by atoms with Crippen molar-refractivity contribution in [3.8, 4) is 0 Å². The molecule has 2 fully saturated rings. The highest BCUT2D eigenvalue weighted by Gasteiger charge is 2.49. The van der Waals surface area contributed by atoms with Gasteiger partial charge in [0, 0.05) is 50.9 Å². The zero-order valence-corrected chi connectivity index (χ0v) is 24.5. The number of aryl methyl sites for hydroxylation is 1. The number of pyridine rings is 1. The van der Waals surface area contributed by atoms with E-state index < -0.39 is 41.3 Å². The van der Waals surface area contributed by atoms with Crippen molar-refractivity contribution in [3.63, 3.8) is 0 Å². The summed E-state index contributed by atoms with van der Waals surface area (Å²) in [5.41, 5.74) is -0.0232. The van der Waals surface area contributed by atoms with Crippen LogP contribution in [-0.4, -0.2) is 70.3 Å². The van der Waals surface area contributed by atoms with E-state index >= 15 is 4.39 Å². The molecule has 10 nitrogen and oxygen atoms in total. The number of fused-ring (bicyclic) bond motifs is 2. The van der Waals surface area contributed by atoms with Gasteiger partial charge in [-0.1, -0.05) is 12.6 Å². The fraction of sp³-hybridized carbons (Fsp3) is 0.355. The number of carbonyl (C=O) groups is 3. The number of likely N-dealkylation sites (tertiary alicyclic amines) is 1. The van der Waals surface area contributed by atoms with Crippen LogP contribution in [0.3, 0.4) is 0 Å². The van der Waals surface area contributed by atoms with Gasteiger partial charge in [-0.2, -0.15) is 13.2 Å². The molecule has 14 heteroatoms. The molecule has 0 saturated carbocycles. The molecule has 1 aromatic carbocycles. The van der Waals surface area contributed by atoms with Crippen LogP contribution in [0.25, 0.3) is 0 Å². The van der Waals surface area contributed by atoms with Gasteiger partial charge in [0.15, 0.2) is 0 Å². The average Bonchev–Trinajstić information content (AvgIpc) is 3.29. The molecule has 2 aromatic heterocycles. The maximum atomic E-state index is 15.6. The number of carbonyl (C=O) groups excluding carboxylic acids is 3. The summed E-state index contributed by atoms with van der Waals surface area (Å²) in [6, 6.07) is 6.46. The van der Waals surface area contributed by atoms with Crippen molar-refractivity contribution >= 4 is 34.9 Å². The highest BCUT2D eigenvalue weighted by Crippen LogP contribution is 2.42. The lowest BCUT2D eigenvalue weighted by Gasteiger charge is -2.39. The summed E-state index contributed by atoms with van der Waals surface area (Å²) in [5, 5.41) is 0. The monoisotopic (exact) mass is 623 g/mol. The van der Waals surface area contributed by atoms with Gasteiger partial charge in [0.1, 0.15) is 23.5 Å². The molecule has 5 heterocycles. The number of nitrogens with zero attached hydrogens (tertiary/aromatic N) is 7. The van der Waals surface area contributed by atoms with Gasteiger partial charge in [0.05, 0.1) is 35.1 Å². The third-order valence-electron chi connectivity index (χ3n) is 8.44. The molecule has 2 saturated heterocycles. The van der Waals surface area contributed by atoms with Crippen molar-refractivity contribution in [2.24, 2.45) is 5.92 Å². The lowest BCUT2D eigenvalue weighted by molar-refractivity contribution is -0.137. The Hall–Kier alpha value is -4.88. The lowest BCUT2D eigenvalue weighted by atomic mass is 9.95. The maximum absolute atomic E-state index is 15.6. The summed E-state index contributed by atoms with van der Waals surface area (Å²) < 4.78 is 56.6. The Morgan fingerprint density at radius 1 is 1.11 bits per heavy atom. The lowest BCUT2D eigenvalue weighted by Crippen LogP contribution is -2.52. The fourth-order valence-corrected chi connectivity index (χ4v) is 6.25. The minimum Gasteiger partial charge on any atom is -0.361 e. The highest BCUT2D eigenvalue weighted by molar-refractivity contribution is 6.10. The van der Waals surface area contributed by atoms with Gasteiger partial charge >= 0.3 is 6.18 Å². The Morgan fingerprint density at radius 3 is 2.58 bits per heavy atom. The zero-order valence-electron chi connectivity index (χ0n) is 24.5. The van der Waals surface area contributed by atoms with Crippen molar-refractivity contribution in [1.82, 2.24) is 19.9 Å². The molecule has 3 amide bonds. The number of hydrogen-bond acceptors (Lipinski definition) is 7. The second-order valence-corrected chi connectivity index (χ2v) is 11.5. The molecule has 0 spiro atoms. The van der Waals surface area contributed by atoms with E-state index in [9.17, 15) is 27.6 Å². The van der Waals surface area contributed by atoms with Crippen LogP contribution >= 0.6 is 0 Å². The Labute approximate surface area is 256 Å². The molecule has 2 atom stereocenters. The van der Waals surface area contributed by atoms with Gasteiger partial charge in [0.2, 0.25) is 17.7 Å². The van der Waals surface area contributed by atoms with Crippen LogP contribution in [0.1, 0.15) is 35.1 Å². The number of para-hydroxylation sites is 1. The maximum Gasteiger partial charge on any atom is 0.416 e. The van der Waals surface area contributed by atoms with E-state index in [0.29, 0.717) is 24.6 Å². The minimum absolute atomic E-state index is 0.0305. The SMILES string of the molecule is C=CC(=O)N1CC(c2nccc(CN3C[C@H]4CC(=O)N(c5cc(C(F)(F)F)cc(C)n5)[C@@H]4C(=O)N(C)c4cccc(F)c43)n2)C1. The summed E-state index contributed by atoms with van der Waals surface area (Å²) in [7, 11) is 1.45. The topological polar surface area (TPSA) is 103 Å². The highest BCUT2D eigenvalue weighted by atomic mass is 19.4. The Balaban J connectivity index is 1.36.